The number of hydrogen-bond acceptors (Lipinski definition) is 6. The highest BCUT2D eigenvalue weighted by atomic mass is 16.5. The second kappa shape index (κ2) is 7.23. The van der Waals surface area contributed by atoms with Crippen molar-refractivity contribution in [1.82, 2.24) is 15.0 Å². The van der Waals surface area contributed by atoms with Crippen LogP contribution >= 0.6 is 0 Å². The number of amides is 1. The molecule has 0 bridgehead atoms. The number of nitrogens with zero attached hydrogens (tertiary/aromatic N) is 4. The molecule has 1 aliphatic rings. The van der Waals surface area contributed by atoms with E-state index in [1.807, 2.05) is 25.1 Å². The number of aliphatic hydroxyl groups is 1. The van der Waals surface area contributed by atoms with Crippen molar-refractivity contribution < 1.29 is 14.4 Å². The van der Waals surface area contributed by atoms with Gasteiger partial charge >= 0.3 is 0 Å². The van der Waals surface area contributed by atoms with Crippen molar-refractivity contribution in [3.8, 4) is 0 Å². The lowest BCUT2D eigenvalue weighted by atomic mass is 9.92. The van der Waals surface area contributed by atoms with Crippen LogP contribution in [0.5, 0.6) is 0 Å². The molecule has 1 fully saturated rings. The van der Waals surface area contributed by atoms with E-state index in [4.69, 9.17) is 4.52 Å². The Morgan fingerprint density at radius 3 is 3.00 bits per heavy atom. The first-order valence-electron chi connectivity index (χ1n) is 8.60. The van der Waals surface area contributed by atoms with Gasteiger partial charge < -0.3 is 19.4 Å². The number of aromatic nitrogens is 2. The van der Waals surface area contributed by atoms with Crippen LogP contribution in [0.3, 0.4) is 0 Å². The van der Waals surface area contributed by atoms with Gasteiger partial charge in [0.25, 0.3) is 5.91 Å². The van der Waals surface area contributed by atoms with Crippen molar-refractivity contribution in [3.05, 3.63) is 41.9 Å². The molecule has 2 aromatic heterocycles. The molecule has 0 saturated carbocycles. The predicted octanol–water partition coefficient (Wildman–Crippen LogP) is 1.74. The third-order valence-electron chi connectivity index (χ3n) is 4.53. The van der Waals surface area contributed by atoms with Gasteiger partial charge in [-0.3, -0.25) is 4.79 Å². The summed E-state index contributed by atoms with van der Waals surface area (Å²) in [6.07, 6.45) is 3.92. The van der Waals surface area contributed by atoms with E-state index in [0.717, 1.165) is 18.8 Å². The largest absolute Gasteiger partial charge is 0.386 e. The van der Waals surface area contributed by atoms with Gasteiger partial charge in [-0.05, 0) is 25.0 Å². The number of anilines is 1. The van der Waals surface area contributed by atoms with Gasteiger partial charge in [0, 0.05) is 38.8 Å². The summed E-state index contributed by atoms with van der Waals surface area (Å²) >= 11 is 0. The van der Waals surface area contributed by atoms with Crippen molar-refractivity contribution >= 4 is 11.7 Å². The molecule has 1 aliphatic heterocycles. The second-order valence-electron chi connectivity index (χ2n) is 6.63. The fourth-order valence-corrected chi connectivity index (χ4v) is 3.27. The van der Waals surface area contributed by atoms with Crippen molar-refractivity contribution in [2.45, 2.75) is 31.8 Å². The molecule has 1 amide bonds. The molecule has 0 radical (unpaired) electrons. The maximum Gasteiger partial charge on any atom is 0.275 e. The summed E-state index contributed by atoms with van der Waals surface area (Å²) in [6, 6.07) is 7.39. The molecule has 1 saturated heterocycles. The van der Waals surface area contributed by atoms with Crippen LogP contribution in [0.1, 0.15) is 36.0 Å². The highest BCUT2D eigenvalue weighted by Gasteiger charge is 2.36. The highest BCUT2D eigenvalue weighted by molar-refractivity contribution is 5.92. The van der Waals surface area contributed by atoms with Gasteiger partial charge in [0.1, 0.15) is 11.6 Å². The number of piperidine rings is 1. The molecule has 1 N–H and O–H groups in total. The summed E-state index contributed by atoms with van der Waals surface area (Å²) in [5, 5.41) is 14.8. The Labute approximate surface area is 147 Å². The van der Waals surface area contributed by atoms with Crippen molar-refractivity contribution in [3.63, 3.8) is 0 Å². The molecule has 7 nitrogen and oxygen atoms in total. The van der Waals surface area contributed by atoms with E-state index < -0.39 is 5.60 Å². The standard InChI is InChI=1S/C18H24N4O3/c1-3-14-11-15(20-25-14)17(23)21(2)12-18(24)8-6-10-22(13-18)16-7-4-5-9-19-16/h4-5,7,9,11,24H,3,6,8,10,12-13H2,1-2H3. The predicted molar refractivity (Wildman–Crippen MR) is 93.5 cm³/mol. The average molecular weight is 344 g/mol. The highest BCUT2D eigenvalue weighted by Crippen LogP contribution is 2.25. The number of rotatable bonds is 5. The summed E-state index contributed by atoms with van der Waals surface area (Å²) in [4.78, 5) is 20.4. The van der Waals surface area contributed by atoms with Gasteiger partial charge in [-0.15, -0.1) is 0 Å². The lowest BCUT2D eigenvalue weighted by molar-refractivity contribution is -0.000377. The molecule has 0 spiro atoms. The number of β-amino-alcohol motifs (C(OH)–C–C–N with tert-alkyl or cyclic N) is 1. The van der Waals surface area contributed by atoms with Gasteiger partial charge in [-0.2, -0.15) is 0 Å². The van der Waals surface area contributed by atoms with Crippen LogP contribution < -0.4 is 4.90 Å². The minimum absolute atomic E-state index is 0.240. The maximum absolute atomic E-state index is 12.5. The number of pyridine rings is 1. The van der Waals surface area contributed by atoms with Crippen LogP contribution in [0.4, 0.5) is 5.82 Å². The van der Waals surface area contributed by atoms with Crippen molar-refractivity contribution in [2.75, 3.05) is 31.6 Å². The summed E-state index contributed by atoms with van der Waals surface area (Å²) in [5.74, 6) is 1.28. The Balaban J connectivity index is 1.66. The minimum Gasteiger partial charge on any atom is -0.386 e. The number of carbonyl (C=O) groups excluding carboxylic acids is 1. The molecule has 134 valence electrons. The fourth-order valence-electron chi connectivity index (χ4n) is 3.27. The molecule has 1 unspecified atom stereocenters. The molecular formula is C18H24N4O3. The number of hydrogen-bond donors (Lipinski definition) is 1. The molecule has 0 aliphatic carbocycles. The number of likely N-dealkylation sites (N-methyl/N-ethyl adjacent to an activating group) is 1. The summed E-state index contributed by atoms with van der Waals surface area (Å²) in [6.45, 7) is 3.47. The lowest BCUT2D eigenvalue weighted by Crippen LogP contribution is -2.54. The first-order valence-corrected chi connectivity index (χ1v) is 8.60. The number of carbonyl (C=O) groups is 1. The first kappa shape index (κ1) is 17.4. The van der Waals surface area contributed by atoms with Crippen LogP contribution in [-0.4, -0.2) is 58.3 Å². The van der Waals surface area contributed by atoms with Crippen molar-refractivity contribution in [2.24, 2.45) is 0 Å². The van der Waals surface area contributed by atoms with E-state index in [1.165, 1.54) is 4.90 Å². The normalized spacial score (nSPS) is 20.5. The first-order chi connectivity index (χ1) is 12.0. The maximum atomic E-state index is 12.5. The van der Waals surface area contributed by atoms with E-state index in [2.05, 4.69) is 15.0 Å². The third-order valence-corrected chi connectivity index (χ3v) is 4.53. The monoisotopic (exact) mass is 344 g/mol. The van der Waals surface area contributed by atoms with E-state index in [-0.39, 0.29) is 18.1 Å². The molecule has 3 heterocycles. The Morgan fingerprint density at radius 1 is 1.48 bits per heavy atom. The average Bonchev–Trinajstić information content (AvgIpc) is 3.10. The molecule has 0 aromatic carbocycles. The van der Waals surface area contributed by atoms with E-state index in [9.17, 15) is 9.90 Å². The van der Waals surface area contributed by atoms with Crippen LogP contribution in [0.2, 0.25) is 0 Å². The molecule has 2 aromatic rings. The van der Waals surface area contributed by atoms with Crippen LogP contribution in [-0.2, 0) is 6.42 Å². The molecule has 1 atom stereocenters. The Morgan fingerprint density at radius 2 is 2.32 bits per heavy atom. The molecule has 3 rings (SSSR count). The van der Waals surface area contributed by atoms with Gasteiger partial charge in [-0.25, -0.2) is 4.98 Å². The van der Waals surface area contributed by atoms with Crippen molar-refractivity contribution in [1.29, 1.82) is 0 Å². The Hall–Kier alpha value is -2.41. The SMILES string of the molecule is CCc1cc(C(=O)N(C)CC2(O)CCCN(c3ccccn3)C2)no1. The zero-order chi connectivity index (χ0) is 17.9. The third kappa shape index (κ3) is 3.99. The van der Waals surface area contributed by atoms with Gasteiger partial charge in [-0.1, -0.05) is 18.1 Å². The van der Waals surface area contributed by atoms with E-state index in [1.54, 1.807) is 19.3 Å². The van der Waals surface area contributed by atoms with E-state index >= 15 is 0 Å². The van der Waals surface area contributed by atoms with Crippen LogP contribution in [0.25, 0.3) is 0 Å². The summed E-state index contributed by atoms with van der Waals surface area (Å²) in [7, 11) is 1.68. The summed E-state index contributed by atoms with van der Waals surface area (Å²) in [5.41, 5.74) is -0.697. The smallest absolute Gasteiger partial charge is 0.275 e. The Kier molecular flexibility index (Phi) is 5.03. The fraction of sp³-hybridized carbons (Fsp3) is 0.500. The number of aryl methyl sites for hydroxylation is 1. The lowest BCUT2D eigenvalue weighted by Gasteiger charge is -2.41. The molecular weight excluding hydrogens is 320 g/mol. The van der Waals surface area contributed by atoms with Gasteiger partial charge in [0.05, 0.1) is 12.1 Å². The zero-order valence-corrected chi connectivity index (χ0v) is 14.7. The van der Waals surface area contributed by atoms with Crippen LogP contribution in [0, 0.1) is 0 Å². The quantitative estimate of drug-likeness (QED) is 0.889. The topological polar surface area (TPSA) is 82.7 Å². The minimum atomic E-state index is -0.975. The van der Waals surface area contributed by atoms with Gasteiger partial charge in [0.15, 0.2) is 5.69 Å². The zero-order valence-electron chi connectivity index (χ0n) is 14.7. The second-order valence-corrected chi connectivity index (χ2v) is 6.63. The summed E-state index contributed by atoms with van der Waals surface area (Å²) < 4.78 is 5.10. The van der Waals surface area contributed by atoms with Gasteiger partial charge in [0.2, 0.25) is 0 Å². The van der Waals surface area contributed by atoms with Crippen LogP contribution in [0.15, 0.2) is 35.0 Å². The van der Waals surface area contributed by atoms with E-state index in [0.29, 0.717) is 25.1 Å². The molecule has 25 heavy (non-hydrogen) atoms. The Bertz CT molecular complexity index is 718. The molecule has 7 heteroatoms.